The molecule has 0 radical (unpaired) electrons. The molecule has 0 aliphatic carbocycles. The van der Waals surface area contributed by atoms with Crippen LogP contribution in [-0.2, 0) is 12.8 Å². The van der Waals surface area contributed by atoms with Gasteiger partial charge in [-0.3, -0.25) is 0 Å². The molecular formula is C15H16Cl2IN3. The third-order valence-corrected chi connectivity index (χ3v) is 4.88. The van der Waals surface area contributed by atoms with Gasteiger partial charge in [0.2, 0.25) is 0 Å². The second-order valence-electron chi connectivity index (χ2n) is 4.51. The van der Waals surface area contributed by atoms with Crippen molar-refractivity contribution in [2.45, 2.75) is 26.7 Å². The normalized spacial score (nSPS) is 10.7. The quantitative estimate of drug-likeness (QED) is 0.673. The number of aromatic nitrogens is 2. The van der Waals surface area contributed by atoms with Crippen molar-refractivity contribution < 1.29 is 0 Å². The van der Waals surface area contributed by atoms with E-state index in [-0.39, 0.29) is 0 Å². The second-order valence-corrected chi connectivity index (χ2v) is 6.40. The van der Waals surface area contributed by atoms with Crippen molar-refractivity contribution in [3.63, 3.8) is 0 Å². The number of aryl methyl sites for hydroxylation is 1. The van der Waals surface area contributed by atoms with Crippen LogP contribution >= 0.6 is 45.8 Å². The van der Waals surface area contributed by atoms with Gasteiger partial charge in [-0.1, -0.05) is 36.2 Å². The average molecular weight is 436 g/mol. The first kappa shape index (κ1) is 16.8. The van der Waals surface area contributed by atoms with Gasteiger partial charge in [-0.2, -0.15) is 0 Å². The fraction of sp³-hybridized carbons (Fsp3) is 0.333. The zero-order valence-corrected chi connectivity index (χ0v) is 15.6. The van der Waals surface area contributed by atoms with E-state index in [1.807, 2.05) is 18.2 Å². The van der Waals surface area contributed by atoms with E-state index in [0.29, 0.717) is 16.5 Å². The van der Waals surface area contributed by atoms with Gasteiger partial charge in [-0.05, 0) is 53.6 Å². The zero-order valence-electron chi connectivity index (χ0n) is 11.9. The van der Waals surface area contributed by atoms with Crippen LogP contribution in [0.4, 0.5) is 5.82 Å². The van der Waals surface area contributed by atoms with Crippen molar-refractivity contribution >= 4 is 51.6 Å². The minimum absolute atomic E-state index is 0.529. The van der Waals surface area contributed by atoms with Crippen LogP contribution in [0.15, 0.2) is 18.2 Å². The first-order chi connectivity index (χ1) is 10.1. The van der Waals surface area contributed by atoms with E-state index >= 15 is 0 Å². The molecule has 0 saturated heterocycles. The fourth-order valence-corrected chi connectivity index (χ4v) is 3.35. The van der Waals surface area contributed by atoms with E-state index in [1.54, 1.807) is 0 Å². The van der Waals surface area contributed by atoms with Gasteiger partial charge in [0.1, 0.15) is 11.6 Å². The highest BCUT2D eigenvalue weighted by molar-refractivity contribution is 14.1. The molecule has 3 nitrogen and oxygen atoms in total. The summed E-state index contributed by atoms with van der Waals surface area (Å²) < 4.78 is 1.07. The van der Waals surface area contributed by atoms with E-state index in [4.69, 9.17) is 23.2 Å². The predicted molar refractivity (Wildman–Crippen MR) is 97.6 cm³/mol. The summed E-state index contributed by atoms with van der Waals surface area (Å²) in [4.78, 5) is 9.24. The largest absolute Gasteiger partial charge is 0.369 e. The van der Waals surface area contributed by atoms with Crippen LogP contribution in [0.5, 0.6) is 0 Å². The number of benzene rings is 1. The molecule has 112 valence electrons. The van der Waals surface area contributed by atoms with E-state index in [2.05, 4.69) is 51.7 Å². The van der Waals surface area contributed by atoms with Gasteiger partial charge in [0.15, 0.2) is 0 Å². The molecule has 2 rings (SSSR count). The van der Waals surface area contributed by atoms with Crippen LogP contribution in [0, 0.1) is 3.57 Å². The average Bonchev–Trinajstić information content (AvgIpc) is 2.46. The molecule has 0 saturated carbocycles. The Hall–Kier alpha value is -0.590. The lowest BCUT2D eigenvalue weighted by molar-refractivity contribution is 0.893. The Kier molecular flexibility index (Phi) is 6.08. The maximum Gasteiger partial charge on any atom is 0.143 e. The van der Waals surface area contributed by atoms with Crippen LogP contribution < -0.4 is 5.32 Å². The minimum Gasteiger partial charge on any atom is -0.369 e. The highest BCUT2D eigenvalue weighted by Gasteiger charge is 2.13. The van der Waals surface area contributed by atoms with Crippen LogP contribution in [0.2, 0.25) is 10.0 Å². The van der Waals surface area contributed by atoms with Crippen molar-refractivity contribution in [2.24, 2.45) is 0 Å². The molecule has 2 aromatic rings. The lowest BCUT2D eigenvalue weighted by Gasteiger charge is -2.12. The van der Waals surface area contributed by atoms with Gasteiger partial charge in [0.05, 0.1) is 9.26 Å². The van der Waals surface area contributed by atoms with Crippen LogP contribution in [-0.4, -0.2) is 16.5 Å². The van der Waals surface area contributed by atoms with Crippen LogP contribution in [0.1, 0.15) is 30.9 Å². The summed E-state index contributed by atoms with van der Waals surface area (Å²) in [5.41, 5.74) is 1.91. The standard InChI is InChI=1S/C15H16Cl2IN3/c1-3-12-14(18)15(19-4-2)21-13(20-12)8-9-10(16)6-5-7-11(9)17/h5-7H,3-4,8H2,1-2H3,(H,19,20,21). The van der Waals surface area contributed by atoms with E-state index in [9.17, 15) is 0 Å². The number of halogens is 3. The Morgan fingerprint density at radius 1 is 1.14 bits per heavy atom. The van der Waals surface area contributed by atoms with E-state index in [0.717, 1.165) is 39.4 Å². The number of anilines is 1. The Balaban J connectivity index is 2.42. The van der Waals surface area contributed by atoms with Crippen LogP contribution in [0.25, 0.3) is 0 Å². The monoisotopic (exact) mass is 435 g/mol. The maximum absolute atomic E-state index is 6.23. The van der Waals surface area contributed by atoms with Gasteiger partial charge in [0.25, 0.3) is 0 Å². The van der Waals surface area contributed by atoms with Crippen molar-refractivity contribution in [1.29, 1.82) is 0 Å². The molecule has 0 fully saturated rings. The molecule has 1 aromatic carbocycles. The molecule has 0 spiro atoms. The molecule has 1 heterocycles. The van der Waals surface area contributed by atoms with Crippen molar-refractivity contribution in [2.75, 3.05) is 11.9 Å². The molecule has 1 aromatic heterocycles. The first-order valence-electron chi connectivity index (χ1n) is 6.78. The summed E-state index contributed by atoms with van der Waals surface area (Å²) >= 11 is 14.7. The maximum atomic E-state index is 6.23. The summed E-state index contributed by atoms with van der Waals surface area (Å²) in [6.07, 6.45) is 1.39. The van der Waals surface area contributed by atoms with Gasteiger partial charge >= 0.3 is 0 Å². The van der Waals surface area contributed by atoms with Crippen LogP contribution in [0.3, 0.4) is 0 Å². The SMILES string of the molecule is CCNc1nc(Cc2c(Cl)cccc2Cl)nc(CC)c1I. The van der Waals surface area contributed by atoms with Crippen molar-refractivity contribution in [1.82, 2.24) is 9.97 Å². The summed E-state index contributed by atoms with van der Waals surface area (Å²) in [6.45, 7) is 4.96. The Morgan fingerprint density at radius 2 is 1.81 bits per heavy atom. The first-order valence-corrected chi connectivity index (χ1v) is 8.62. The summed E-state index contributed by atoms with van der Waals surface area (Å²) in [5.74, 6) is 1.61. The van der Waals surface area contributed by atoms with Gasteiger partial charge < -0.3 is 5.32 Å². The lowest BCUT2D eigenvalue weighted by atomic mass is 10.1. The van der Waals surface area contributed by atoms with E-state index < -0.39 is 0 Å². The third-order valence-electron chi connectivity index (χ3n) is 3.04. The zero-order chi connectivity index (χ0) is 15.4. The molecule has 21 heavy (non-hydrogen) atoms. The van der Waals surface area contributed by atoms with E-state index in [1.165, 1.54) is 0 Å². The fourth-order valence-electron chi connectivity index (χ4n) is 2.00. The Bertz CT molecular complexity index is 627. The van der Waals surface area contributed by atoms with Gasteiger partial charge in [-0.15, -0.1) is 0 Å². The smallest absolute Gasteiger partial charge is 0.143 e. The molecule has 1 N–H and O–H groups in total. The molecule has 0 bridgehead atoms. The third kappa shape index (κ3) is 3.99. The number of hydrogen-bond acceptors (Lipinski definition) is 3. The van der Waals surface area contributed by atoms with Gasteiger partial charge in [-0.25, -0.2) is 9.97 Å². The number of nitrogens with zero attached hydrogens (tertiary/aromatic N) is 2. The Labute approximate surface area is 148 Å². The Morgan fingerprint density at radius 3 is 2.38 bits per heavy atom. The molecular weight excluding hydrogens is 420 g/mol. The molecule has 0 atom stereocenters. The van der Waals surface area contributed by atoms with Crippen molar-refractivity contribution in [3.05, 3.63) is 48.9 Å². The summed E-state index contributed by atoms with van der Waals surface area (Å²) in [6, 6.07) is 5.51. The highest BCUT2D eigenvalue weighted by atomic mass is 127. The number of nitrogens with one attached hydrogen (secondary N) is 1. The predicted octanol–water partition coefficient (Wildman–Crippen LogP) is 4.97. The molecule has 0 aliphatic rings. The molecule has 0 aliphatic heterocycles. The molecule has 0 amide bonds. The number of hydrogen-bond donors (Lipinski definition) is 1. The van der Waals surface area contributed by atoms with Gasteiger partial charge in [0, 0.05) is 23.0 Å². The second kappa shape index (κ2) is 7.61. The number of rotatable bonds is 5. The summed E-state index contributed by atoms with van der Waals surface area (Å²) in [5, 5.41) is 4.57. The topological polar surface area (TPSA) is 37.8 Å². The highest BCUT2D eigenvalue weighted by Crippen LogP contribution is 2.27. The minimum atomic E-state index is 0.529. The summed E-state index contributed by atoms with van der Waals surface area (Å²) in [7, 11) is 0. The lowest BCUT2D eigenvalue weighted by Crippen LogP contribution is -2.10. The van der Waals surface area contributed by atoms with Crippen molar-refractivity contribution in [3.8, 4) is 0 Å². The molecule has 0 unspecified atom stereocenters. The molecule has 6 heteroatoms.